The lowest BCUT2D eigenvalue weighted by Gasteiger charge is -2.34. The van der Waals surface area contributed by atoms with Crippen LogP contribution in [0.25, 0.3) is 0 Å². The van der Waals surface area contributed by atoms with E-state index in [1.807, 2.05) is 24.3 Å². The molecule has 2 fully saturated rings. The van der Waals surface area contributed by atoms with Crippen molar-refractivity contribution in [2.24, 2.45) is 11.0 Å². The van der Waals surface area contributed by atoms with Crippen molar-refractivity contribution in [2.75, 3.05) is 53.0 Å². The molecule has 1 aliphatic carbocycles. The van der Waals surface area contributed by atoms with E-state index in [1.54, 1.807) is 30.2 Å². The predicted octanol–water partition coefficient (Wildman–Crippen LogP) is 3.47. The molecule has 3 aliphatic rings. The molecule has 1 saturated heterocycles. The number of methoxy groups -OCH3 is 1. The van der Waals surface area contributed by atoms with Gasteiger partial charge in [0.2, 0.25) is 5.91 Å². The number of hydrogen-bond donors (Lipinski definition) is 0. The summed E-state index contributed by atoms with van der Waals surface area (Å²) in [5.74, 6) is -0.0266. The average molecular weight is 523 g/mol. The van der Waals surface area contributed by atoms with E-state index in [9.17, 15) is 14.0 Å². The van der Waals surface area contributed by atoms with Gasteiger partial charge in [-0.05, 0) is 25.0 Å². The highest BCUT2D eigenvalue weighted by atomic mass is 19.1. The summed E-state index contributed by atoms with van der Waals surface area (Å²) in [6.45, 7) is 4.08. The fourth-order valence-electron chi connectivity index (χ4n) is 5.29. The fourth-order valence-corrected chi connectivity index (χ4v) is 5.29. The number of halogens is 1. The van der Waals surface area contributed by atoms with Crippen molar-refractivity contribution in [3.05, 3.63) is 65.5 Å². The Morgan fingerprint density at radius 2 is 1.84 bits per heavy atom. The number of hydrazone groups is 1. The van der Waals surface area contributed by atoms with E-state index < -0.39 is 6.04 Å². The van der Waals surface area contributed by atoms with Crippen LogP contribution in [-0.2, 0) is 14.3 Å². The molecule has 202 valence electrons. The Kier molecular flexibility index (Phi) is 8.34. The molecule has 0 bridgehead atoms. The molecule has 0 spiro atoms. The molecule has 0 unspecified atom stereocenters. The van der Waals surface area contributed by atoms with Crippen LogP contribution in [0.3, 0.4) is 0 Å². The molecule has 8 nitrogen and oxygen atoms in total. The van der Waals surface area contributed by atoms with Gasteiger partial charge in [0.1, 0.15) is 18.1 Å². The summed E-state index contributed by atoms with van der Waals surface area (Å²) in [6.07, 6.45) is 3.12. The summed E-state index contributed by atoms with van der Waals surface area (Å²) >= 11 is 0. The first-order valence-corrected chi connectivity index (χ1v) is 13.4. The van der Waals surface area contributed by atoms with Crippen LogP contribution >= 0.6 is 0 Å². The van der Waals surface area contributed by atoms with Crippen molar-refractivity contribution >= 4 is 17.5 Å². The number of nitrogens with zero attached hydrogens (tertiary/aromatic N) is 4. The number of benzene rings is 2. The smallest absolute Gasteiger partial charge is 0.262 e. The minimum Gasteiger partial charge on any atom is -0.496 e. The molecule has 2 aromatic carbocycles. The van der Waals surface area contributed by atoms with E-state index in [1.165, 1.54) is 11.1 Å². The van der Waals surface area contributed by atoms with E-state index in [0.717, 1.165) is 37.9 Å². The molecule has 0 radical (unpaired) electrons. The van der Waals surface area contributed by atoms with Crippen LogP contribution in [0.15, 0.2) is 53.6 Å². The summed E-state index contributed by atoms with van der Waals surface area (Å²) < 4.78 is 25.7. The van der Waals surface area contributed by atoms with Gasteiger partial charge in [-0.15, -0.1) is 0 Å². The minimum absolute atomic E-state index is 0.0199. The molecule has 38 heavy (non-hydrogen) atoms. The number of para-hydroxylation sites is 1. The number of carbonyl (C=O) groups excluding carboxylic acids is 2. The van der Waals surface area contributed by atoms with E-state index in [4.69, 9.17) is 9.47 Å². The second-order valence-electron chi connectivity index (χ2n) is 10.1. The van der Waals surface area contributed by atoms with Crippen molar-refractivity contribution in [1.29, 1.82) is 0 Å². The number of carbonyl (C=O) groups is 2. The van der Waals surface area contributed by atoms with Crippen LogP contribution in [0.2, 0.25) is 0 Å². The molecule has 2 aromatic rings. The SMILES string of the molecule is COc1ccccc1[C@@H]1CC(c2ccccc2F)=NN1C(=O)CN(CCN1CCOCC1)C(=O)C1CCC1. The fraction of sp³-hybridized carbons (Fsp3) is 0.483. The van der Waals surface area contributed by atoms with Crippen LogP contribution in [-0.4, -0.2) is 85.4 Å². The maximum Gasteiger partial charge on any atom is 0.262 e. The predicted molar refractivity (Wildman–Crippen MR) is 141 cm³/mol. The summed E-state index contributed by atoms with van der Waals surface area (Å²) in [7, 11) is 1.59. The van der Waals surface area contributed by atoms with Crippen molar-refractivity contribution < 1.29 is 23.5 Å². The van der Waals surface area contributed by atoms with E-state index in [-0.39, 0.29) is 30.1 Å². The molecule has 5 rings (SSSR count). The van der Waals surface area contributed by atoms with Crippen molar-refractivity contribution in [2.45, 2.75) is 31.7 Å². The first-order chi connectivity index (χ1) is 18.5. The zero-order valence-electron chi connectivity index (χ0n) is 21.9. The van der Waals surface area contributed by atoms with Gasteiger partial charge in [0, 0.05) is 49.6 Å². The largest absolute Gasteiger partial charge is 0.496 e. The van der Waals surface area contributed by atoms with Gasteiger partial charge in [-0.2, -0.15) is 5.10 Å². The zero-order chi connectivity index (χ0) is 26.5. The lowest BCUT2D eigenvalue weighted by molar-refractivity contribution is -0.145. The Morgan fingerprint density at radius 3 is 2.55 bits per heavy atom. The molecular weight excluding hydrogens is 487 g/mol. The summed E-state index contributed by atoms with van der Waals surface area (Å²) in [5, 5.41) is 6.06. The van der Waals surface area contributed by atoms with Crippen LogP contribution in [0.1, 0.15) is 42.9 Å². The van der Waals surface area contributed by atoms with Gasteiger partial charge < -0.3 is 14.4 Å². The van der Waals surface area contributed by atoms with Gasteiger partial charge in [0.25, 0.3) is 5.91 Å². The highest BCUT2D eigenvalue weighted by Crippen LogP contribution is 2.38. The highest BCUT2D eigenvalue weighted by molar-refractivity contribution is 6.03. The molecule has 9 heteroatoms. The van der Waals surface area contributed by atoms with Gasteiger partial charge in [-0.25, -0.2) is 9.40 Å². The molecule has 2 aliphatic heterocycles. The standard InChI is InChI=1S/C29H35FN4O4/c1-37-27-12-5-3-10-23(27)26-19-25(22-9-2-4-11-24(22)30)31-34(26)28(35)20-33(29(36)21-7-6-8-21)14-13-32-15-17-38-18-16-32/h2-5,9-12,21,26H,6-8,13-20H2,1H3/t26-/m0/s1. The summed E-state index contributed by atoms with van der Waals surface area (Å²) in [5.41, 5.74) is 1.67. The Morgan fingerprint density at radius 1 is 1.11 bits per heavy atom. The number of amides is 2. The number of rotatable bonds is 9. The van der Waals surface area contributed by atoms with Crippen molar-refractivity contribution in [3.8, 4) is 5.75 Å². The molecule has 2 amide bonds. The van der Waals surface area contributed by atoms with E-state index in [2.05, 4.69) is 10.0 Å². The van der Waals surface area contributed by atoms with Crippen LogP contribution in [0.5, 0.6) is 5.75 Å². The normalized spacial score (nSPS) is 20.1. The first-order valence-electron chi connectivity index (χ1n) is 13.4. The van der Waals surface area contributed by atoms with Crippen LogP contribution in [0, 0.1) is 11.7 Å². The Hall–Kier alpha value is -3.30. The lowest BCUT2D eigenvalue weighted by Crippen LogP contribution is -2.49. The first kappa shape index (κ1) is 26.3. The summed E-state index contributed by atoms with van der Waals surface area (Å²) in [4.78, 5) is 31.1. The van der Waals surface area contributed by atoms with Crippen molar-refractivity contribution in [1.82, 2.24) is 14.8 Å². The average Bonchev–Trinajstić information content (AvgIpc) is 3.36. The number of morpholine rings is 1. The number of hydrogen-bond acceptors (Lipinski definition) is 6. The van der Waals surface area contributed by atoms with E-state index in [0.29, 0.717) is 49.7 Å². The Balaban J connectivity index is 1.40. The summed E-state index contributed by atoms with van der Waals surface area (Å²) in [6, 6.07) is 13.5. The quantitative estimate of drug-likeness (QED) is 0.504. The topological polar surface area (TPSA) is 74.7 Å². The molecule has 1 saturated carbocycles. The maximum absolute atomic E-state index is 14.7. The number of ether oxygens (including phenoxy) is 2. The zero-order valence-corrected chi connectivity index (χ0v) is 21.9. The Bertz CT molecular complexity index is 1180. The second-order valence-corrected chi connectivity index (χ2v) is 10.1. The van der Waals surface area contributed by atoms with E-state index >= 15 is 0 Å². The molecule has 1 atom stereocenters. The third kappa shape index (κ3) is 5.73. The highest BCUT2D eigenvalue weighted by Gasteiger charge is 2.38. The monoisotopic (exact) mass is 522 g/mol. The lowest BCUT2D eigenvalue weighted by atomic mass is 9.84. The van der Waals surface area contributed by atoms with Gasteiger partial charge >= 0.3 is 0 Å². The molecule has 2 heterocycles. The maximum atomic E-state index is 14.7. The third-order valence-electron chi connectivity index (χ3n) is 7.73. The van der Waals surface area contributed by atoms with Gasteiger partial charge in [-0.3, -0.25) is 14.5 Å². The Labute approximate surface area is 223 Å². The minimum atomic E-state index is -0.465. The molecule has 0 N–H and O–H groups in total. The van der Waals surface area contributed by atoms with Crippen LogP contribution in [0.4, 0.5) is 4.39 Å². The van der Waals surface area contributed by atoms with Gasteiger partial charge in [-0.1, -0.05) is 42.8 Å². The van der Waals surface area contributed by atoms with Crippen LogP contribution < -0.4 is 4.74 Å². The van der Waals surface area contributed by atoms with Gasteiger partial charge in [0.15, 0.2) is 0 Å². The third-order valence-corrected chi connectivity index (χ3v) is 7.73. The second kappa shape index (κ2) is 12.0. The molecule has 0 aromatic heterocycles. The van der Waals surface area contributed by atoms with Crippen molar-refractivity contribution in [3.63, 3.8) is 0 Å². The molecular formula is C29H35FN4O4. The van der Waals surface area contributed by atoms with Gasteiger partial charge in [0.05, 0.1) is 32.1 Å².